The quantitative estimate of drug-likeness (QED) is 0.824. The highest BCUT2D eigenvalue weighted by atomic mass is 16.3. The fourth-order valence-electron chi connectivity index (χ4n) is 2.72. The molecule has 2 heteroatoms. The number of phenolic OH excluding ortho intramolecular Hbond substituents is 1. The summed E-state index contributed by atoms with van der Waals surface area (Å²) in [6.45, 7) is 5.63. The monoisotopic (exact) mass is 219 g/mol. The van der Waals surface area contributed by atoms with Gasteiger partial charge in [0, 0.05) is 17.6 Å². The van der Waals surface area contributed by atoms with Crippen LogP contribution in [-0.4, -0.2) is 22.6 Å². The van der Waals surface area contributed by atoms with E-state index in [9.17, 15) is 5.11 Å². The lowest BCUT2D eigenvalue weighted by Crippen LogP contribution is -2.39. The van der Waals surface area contributed by atoms with Crippen molar-refractivity contribution in [3.8, 4) is 5.75 Å². The summed E-state index contributed by atoms with van der Waals surface area (Å²) in [7, 11) is 0. The van der Waals surface area contributed by atoms with Gasteiger partial charge in [-0.25, -0.2) is 0 Å². The van der Waals surface area contributed by atoms with E-state index >= 15 is 0 Å². The van der Waals surface area contributed by atoms with Gasteiger partial charge in [-0.05, 0) is 39.3 Å². The Morgan fingerprint density at radius 2 is 2.06 bits per heavy atom. The molecule has 88 valence electrons. The van der Waals surface area contributed by atoms with Gasteiger partial charge in [-0.1, -0.05) is 24.6 Å². The van der Waals surface area contributed by atoms with E-state index in [4.69, 9.17) is 0 Å². The van der Waals surface area contributed by atoms with Crippen molar-refractivity contribution in [1.82, 2.24) is 4.90 Å². The molecule has 1 aromatic rings. The first-order valence-electron chi connectivity index (χ1n) is 6.24. The second-order valence-corrected chi connectivity index (χ2v) is 4.82. The number of nitrogens with zero attached hydrogens (tertiary/aromatic N) is 1. The Hall–Kier alpha value is -1.02. The molecule has 0 spiro atoms. The van der Waals surface area contributed by atoms with Gasteiger partial charge in [0.05, 0.1) is 0 Å². The molecule has 0 radical (unpaired) electrons. The zero-order valence-corrected chi connectivity index (χ0v) is 10.2. The van der Waals surface area contributed by atoms with E-state index in [1.54, 1.807) is 6.07 Å². The summed E-state index contributed by atoms with van der Waals surface area (Å²) in [6, 6.07) is 8.63. The minimum atomic E-state index is 0.316. The van der Waals surface area contributed by atoms with E-state index in [-0.39, 0.29) is 0 Å². The molecule has 1 aromatic carbocycles. The summed E-state index contributed by atoms with van der Waals surface area (Å²) >= 11 is 0. The van der Waals surface area contributed by atoms with E-state index < -0.39 is 0 Å². The molecule has 0 saturated carbocycles. The Morgan fingerprint density at radius 3 is 2.75 bits per heavy atom. The molecule has 2 nitrogen and oxygen atoms in total. The van der Waals surface area contributed by atoms with Crippen LogP contribution < -0.4 is 0 Å². The van der Waals surface area contributed by atoms with Crippen molar-refractivity contribution in [2.24, 2.45) is 0 Å². The van der Waals surface area contributed by atoms with Gasteiger partial charge in [0.25, 0.3) is 0 Å². The van der Waals surface area contributed by atoms with Crippen LogP contribution >= 0.6 is 0 Å². The number of aromatic hydroxyl groups is 1. The molecule has 0 aromatic heterocycles. The second kappa shape index (κ2) is 4.88. The Balaban J connectivity index is 2.17. The summed E-state index contributed by atoms with van der Waals surface area (Å²) in [6.07, 6.45) is 3.89. The van der Waals surface area contributed by atoms with Gasteiger partial charge in [0.15, 0.2) is 0 Å². The predicted molar refractivity (Wildman–Crippen MR) is 66.5 cm³/mol. The highest BCUT2D eigenvalue weighted by molar-refractivity contribution is 5.34. The fourth-order valence-corrected chi connectivity index (χ4v) is 2.72. The lowest BCUT2D eigenvalue weighted by Gasteiger charge is -2.38. The first-order valence-corrected chi connectivity index (χ1v) is 6.24. The van der Waals surface area contributed by atoms with Crippen LogP contribution in [0.3, 0.4) is 0 Å². The number of para-hydroxylation sites is 1. The van der Waals surface area contributed by atoms with Gasteiger partial charge in [-0.2, -0.15) is 0 Å². The van der Waals surface area contributed by atoms with E-state index in [1.165, 1.54) is 19.3 Å². The maximum absolute atomic E-state index is 9.87. The van der Waals surface area contributed by atoms with Gasteiger partial charge >= 0.3 is 0 Å². The van der Waals surface area contributed by atoms with Gasteiger partial charge < -0.3 is 5.11 Å². The lowest BCUT2D eigenvalue weighted by atomic mass is 9.98. The van der Waals surface area contributed by atoms with Crippen LogP contribution in [0.2, 0.25) is 0 Å². The van der Waals surface area contributed by atoms with Crippen LogP contribution in [0.1, 0.15) is 44.7 Å². The molecule has 1 aliphatic rings. The molecule has 1 saturated heterocycles. The van der Waals surface area contributed by atoms with Gasteiger partial charge in [-0.3, -0.25) is 4.90 Å². The third kappa shape index (κ3) is 2.22. The van der Waals surface area contributed by atoms with Crippen molar-refractivity contribution in [1.29, 1.82) is 0 Å². The zero-order valence-electron chi connectivity index (χ0n) is 10.2. The van der Waals surface area contributed by atoms with E-state index in [2.05, 4.69) is 18.7 Å². The van der Waals surface area contributed by atoms with Crippen molar-refractivity contribution < 1.29 is 5.11 Å². The first kappa shape index (κ1) is 11.5. The standard InChI is InChI=1S/C14H21NO/c1-11-7-5-6-10-15(11)12(2)13-8-3-4-9-14(13)16/h3-4,8-9,11-12,16H,5-7,10H2,1-2H3. The molecule has 1 heterocycles. The molecule has 1 fully saturated rings. The van der Waals surface area contributed by atoms with Gasteiger partial charge in [-0.15, -0.1) is 0 Å². The summed E-state index contributed by atoms with van der Waals surface area (Å²) < 4.78 is 0. The van der Waals surface area contributed by atoms with Crippen LogP contribution in [-0.2, 0) is 0 Å². The number of piperidine rings is 1. The van der Waals surface area contributed by atoms with Crippen LogP contribution in [0.5, 0.6) is 5.75 Å². The molecule has 2 atom stereocenters. The average molecular weight is 219 g/mol. The number of benzene rings is 1. The Labute approximate surface area is 97.9 Å². The molecule has 2 rings (SSSR count). The number of hydrogen-bond donors (Lipinski definition) is 1. The van der Waals surface area contributed by atoms with Crippen molar-refractivity contribution in [3.05, 3.63) is 29.8 Å². The summed E-state index contributed by atoms with van der Waals surface area (Å²) in [5.41, 5.74) is 1.05. The predicted octanol–water partition coefficient (Wildman–Crippen LogP) is 3.33. The molecule has 0 aliphatic carbocycles. The molecular weight excluding hydrogens is 198 g/mol. The topological polar surface area (TPSA) is 23.5 Å². The maximum atomic E-state index is 9.87. The Bertz CT molecular complexity index is 350. The van der Waals surface area contributed by atoms with Crippen LogP contribution in [0.25, 0.3) is 0 Å². The highest BCUT2D eigenvalue weighted by Crippen LogP contribution is 2.32. The summed E-state index contributed by atoms with van der Waals surface area (Å²) in [5, 5.41) is 9.87. The summed E-state index contributed by atoms with van der Waals surface area (Å²) in [4.78, 5) is 2.50. The minimum Gasteiger partial charge on any atom is -0.508 e. The molecule has 1 aliphatic heterocycles. The maximum Gasteiger partial charge on any atom is 0.120 e. The third-order valence-electron chi connectivity index (χ3n) is 3.74. The summed E-state index contributed by atoms with van der Waals surface area (Å²) in [5.74, 6) is 0.424. The van der Waals surface area contributed by atoms with Crippen LogP contribution in [0.15, 0.2) is 24.3 Å². The second-order valence-electron chi connectivity index (χ2n) is 4.82. The Kier molecular flexibility index (Phi) is 3.49. The van der Waals surface area contributed by atoms with Crippen LogP contribution in [0.4, 0.5) is 0 Å². The average Bonchev–Trinajstić information content (AvgIpc) is 2.29. The van der Waals surface area contributed by atoms with E-state index in [0.29, 0.717) is 17.8 Å². The molecule has 16 heavy (non-hydrogen) atoms. The van der Waals surface area contributed by atoms with E-state index in [1.807, 2.05) is 18.2 Å². The fraction of sp³-hybridized carbons (Fsp3) is 0.571. The van der Waals surface area contributed by atoms with Gasteiger partial charge in [0.2, 0.25) is 0 Å². The molecule has 0 bridgehead atoms. The molecule has 1 N–H and O–H groups in total. The molecule has 0 amide bonds. The van der Waals surface area contributed by atoms with Crippen LogP contribution in [0, 0.1) is 0 Å². The molecule has 2 unspecified atom stereocenters. The van der Waals surface area contributed by atoms with E-state index in [0.717, 1.165) is 12.1 Å². The first-order chi connectivity index (χ1) is 7.70. The van der Waals surface area contributed by atoms with Gasteiger partial charge in [0.1, 0.15) is 5.75 Å². The lowest BCUT2D eigenvalue weighted by molar-refractivity contribution is 0.113. The highest BCUT2D eigenvalue weighted by Gasteiger charge is 2.25. The number of rotatable bonds is 2. The Morgan fingerprint density at radius 1 is 1.31 bits per heavy atom. The number of phenols is 1. The molecular formula is C14H21NO. The third-order valence-corrected chi connectivity index (χ3v) is 3.74. The largest absolute Gasteiger partial charge is 0.508 e. The number of hydrogen-bond acceptors (Lipinski definition) is 2. The zero-order chi connectivity index (χ0) is 11.5. The van der Waals surface area contributed by atoms with Crippen molar-refractivity contribution in [2.45, 2.75) is 45.2 Å². The SMILES string of the molecule is CC1CCCCN1C(C)c1ccccc1O. The number of likely N-dealkylation sites (tertiary alicyclic amines) is 1. The normalized spacial score (nSPS) is 24.2. The van der Waals surface area contributed by atoms with Crippen molar-refractivity contribution in [3.63, 3.8) is 0 Å². The van der Waals surface area contributed by atoms with Crippen molar-refractivity contribution >= 4 is 0 Å². The smallest absolute Gasteiger partial charge is 0.120 e. The van der Waals surface area contributed by atoms with Crippen molar-refractivity contribution in [2.75, 3.05) is 6.54 Å². The minimum absolute atomic E-state index is 0.316.